The molecule has 1 aromatic carbocycles. The van der Waals surface area contributed by atoms with Crippen LogP contribution in [0.15, 0.2) is 23.1 Å². The minimum atomic E-state index is -3.47. The maximum Gasteiger partial charge on any atom is 0.240 e. The van der Waals surface area contributed by atoms with E-state index in [0.717, 1.165) is 30.6 Å². The first kappa shape index (κ1) is 15.4. The van der Waals surface area contributed by atoms with Crippen molar-refractivity contribution < 1.29 is 13.2 Å². The van der Waals surface area contributed by atoms with E-state index in [9.17, 15) is 8.42 Å². The fourth-order valence-corrected chi connectivity index (χ4v) is 3.53. The molecule has 0 spiro atoms. The summed E-state index contributed by atoms with van der Waals surface area (Å²) in [6.45, 7) is 4.15. The molecule has 112 valence electrons. The smallest absolute Gasteiger partial charge is 0.240 e. The number of benzene rings is 1. The van der Waals surface area contributed by atoms with E-state index in [4.69, 9.17) is 10.5 Å². The molecule has 1 aromatic rings. The van der Waals surface area contributed by atoms with Crippen LogP contribution < -0.4 is 10.5 Å². The Bertz CT molecular complexity index is 552. The van der Waals surface area contributed by atoms with Gasteiger partial charge in [0.05, 0.1) is 11.5 Å². The van der Waals surface area contributed by atoms with Crippen LogP contribution >= 0.6 is 0 Å². The molecule has 20 heavy (non-hydrogen) atoms. The third-order valence-corrected chi connectivity index (χ3v) is 5.10. The molecule has 3 N–H and O–H groups in total. The van der Waals surface area contributed by atoms with Crippen molar-refractivity contribution in [2.75, 3.05) is 19.8 Å². The van der Waals surface area contributed by atoms with Gasteiger partial charge in [-0.2, -0.15) is 0 Å². The maximum atomic E-state index is 12.3. The van der Waals surface area contributed by atoms with Crippen molar-refractivity contribution in [3.8, 4) is 0 Å². The van der Waals surface area contributed by atoms with Gasteiger partial charge >= 0.3 is 0 Å². The standard InChI is InChI=1S/C14H22N2O3S/c1-2-12-3-4-14(7-13(12)8-15)20(17,18)16-9-11-5-6-19-10-11/h3-4,7,11,16H,2,5-6,8-10,15H2,1H3. The second-order valence-electron chi connectivity index (χ2n) is 5.07. The van der Waals surface area contributed by atoms with Gasteiger partial charge in [0, 0.05) is 19.7 Å². The molecule has 0 aliphatic carbocycles. The molecule has 1 aliphatic heterocycles. The quantitative estimate of drug-likeness (QED) is 0.821. The van der Waals surface area contributed by atoms with E-state index < -0.39 is 10.0 Å². The largest absolute Gasteiger partial charge is 0.381 e. The van der Waals surface area contributed by atoms with Crippen molar-refractivity contribution in [2.24, 2.45) is 11.7 Å². The third kappa shape index (κ3) is 3.58. The number of rotatable bonds is 6. The van der Waals surface area contributed by atoms with Crippen molar-refractivity contribution in [3.05, 3.63) is 29.3 Å². The monoisotopic (exact) mass is 298 g/mol. The van der Waals surface area contributed by atoms with Crippen molar-refractivity contribution in [2.45, 2.75) is 31.2 Å². The summed E-state index contributed by atoms with van der Waals surface area (Å²) in [6.07, 6.45) is 1.76. The molecule has 1 saturated heterocycles. The Kier molecular flexibility index (Phi) is 5.15. The molecule has 0 aromatic heterocycles. The number of hydrogen-bond acceptors (Lipinski definition) is 4. The zero-order valence-electron chi connectivity index (χ0n) is 11.8. The Hall–Kier alpha value is -0.950. The van der Waals surface area contributed by atoms with E-state index in [1.165, 1.54) is 0 Å². The van der Waals surface area contributed by atoms with E-state index in [1.54, 1.807) is 12.1 Å². The van der Waals surface area contributed by atoms with Crippen molar-refractivity contribution in [1.82, 2.24) is 4.72 Å². The van der Waals surface area contributed by atoms with Crippen LogP contribution in [0.1, 0.15) is 24.5 Å². The zero-order valence-corrected chi connectivity index (χ0v) is 12.6. The number of aryl methyl sites for hydroxylation is 1. The molecule has 6 heteroatoms. The lowest BCUT2D eigenvalue weighted by molar-refractivity contribution is 0.186. The zero-order chi connectivity index (χ0) is 14.6. The molecule has 1 atom stereocenters. The van der Waals surface area contributed by atoms with Crippen LogP contribution in [0.3, 0.4) is 0 Å². The van der Waals surface area contributed by atoms with Crippen LogP contribution in [0.25, 0.3) is 0 Å². The average molecular weight is 298 g/mol. The average Bonchev–Trinajstić information content (AvgIpc) is 2.97. The van der Waals surface area contributed by atoms with Crippen molar-refractivity contribution in [1.29, 1.82) is 0 Å². The van der Waals surface area contributed by atoms with Crippen LogP contribution in [0.5, 0.6) is 0 Å². The Balaban J connectivity index is 2.11. The Morgan fingerprint density at radius 3 is 2.80 bits per heavy atom. The number of nitrogens with one attached hydrogen (secondary N) is 1. The third-order valence-electron chi connectivity index (χ3n) is 3.67. The van der Waals surface area contributed by atoms with Gasteiger partial charge in [0.1, 0.15) is 0 Å². The molecule has 1 fully saturated rings. The number of hydrogen-bond donors (Lipinski definition) is 2. The normalized spacial score (nSPS) is 19.4. The summed E-state index contributed by atoms with van der Waals surface area (Å²) in [7, 11) is -3.47. The van der Waals surface area contributed by atoms with Gasteiger partial charge in [0.2, 0.25) is 10.0 Å². The fraction of sp³-hybridized carbons (Fsp3) is 0.571. The molecule has 1 aliphatic rings. The summed E-state index contributed by atoms with van der Waals surface area (Å²) < 4.78 is 32.4. The van der Waals surface area contributed by atoms with Crippen LogP contribution in [0.2, 0.25) is 0 Å². The number of nitrogens with two attached hydrogens (primary N) is 1. The van der Waals surface area contributed by atoms with E-state index in [-0.39, 0.29) is 10.8 Å². The SMILES string of the molecule is CCc1ccc(S(=O)(=O)NCC2CCOC2)cc1CN. The highest BCUT2D eigenvalue weighted by atomic mass is 32.2. The second-order valence-corrected chi connectivity index (χ2v) is 6.84. The summed E-state index contributed by atoms with van der Waals surface area (Å²) in [5, 5.41) is 0. The van der Waals surface area contributed by atoms with Crippen LogP contribution in [0, 0.1) is 5.92 Å². The van der Waals surface area contributed by atoms with Gasteiger partial charge in [-0.25, -0.2) is 13.1 Å². The van der Waals surface area contributed by atoms with Gasteiger partial charge in [-0.3, -0.25) is 0 Å². The number of ether oxygens (including phenoxy) is 1. The molecular formula is C14H22N2O3S. The summed E-state index contributed by atoms with van der Waals surface area (Å²) in [4.78, 5) is 0.286. The number of sulfonamides is 1. The lowest BCUT2D eigenvalue weighted by Gasteiger charge is -2.12. The van der Waals surface area contributed by atoms with E-state index in [1.807, 2.05) is 13.0 Å². The fourth-order valence-electron chi connectivity index (χ4n) is 2.36. The van der Waals surface area contributed by atoms with Crippen molar-refractivity contribution >= 4 is 10.0 Å². The predicted molar refractivity (Wildman–Crippen MR) is 77.8 cm³/mol. The van der Waals surface area contributed by atoms with Crippen molar-refractivity contribution in [3.63, 3.8) is 0 Å². The molecular weight excluding hydrogens is 276 g/mol. The molecule has 0 bridgehead atoms. The summed E-state index contributed by atoms with van der Waals surface area (Å²) in [5.74, 6) is 0.272. The lowest BCUT2D eigenvalue weighted by atomic mass is 10.1. The van der Waals surface area contributed by atoms with Gasteiger partial charge in [0.15, 0.2) is 0 Å². The molecule has 5 nitrogen and oxygen atoms in total. The van der Waals surface area contributed by atoms with E-state index >= 15 is 0 Å². The van der Waals surface area contributed by atoms with E-state index in [0.29, 0.717) is 19.7 Å². The van der Waals surface area contributed by atoms with Gasteiger partial charge in [0.25, 0.3) is 0 Å². The maximum absolute atomic E-state index is 12.3. The molecule has 0 amide bonds. The molecule has 1 unspecified atom stereocenters. The van der Waals surface area contributed by atoms with E-state index in [2.05, 4.69) is 4.72 Å². The highest BCUT2D eigenvalue weighted by Crippen LogP contribution is 2.17. The van der Waals surface area contributed by atoms with Crippen LogP contribution in [0.4, 0.5) is 0 Å². The molecule has 0 saturated carbocycles. The first-order valence-electron chi connectivity index (χ1n) is 6.96. The molecule has 1 heterocycles. The van der Waals surface area contributed by atoms with Crippen LogP contribution in [-0.4, -0.2) is 28.2 Å². The van der Waals surface area contributed by atoms with Gasteiger partial charge in [-0.05, 0) is 42.0 Å². The Morgan fingerprint density at radius 2 is 2.20 bits per heavy atom. The lowest BCUT2D eigenvalue weighted by Crippen LogP contribution is -2.29. The molecule has 2 rings (SSSR count). The van der Waals surface area contributed by atoms with Gasteiger partial charge < -0.3 is 10.5 Å². The molecule has 0 radical (unpaired) electrons. The highest BCUT2D eigenvalue weighted by Gasteiger charge is 2.20. The van der Waals surface area contributed by atoms with Gasteiger partial charge in [-0.1, -0.05) is 13.0 Å². The first-order valence-corrected chi connectivity index (χ1v) is 8.44. The Labute approximate surface area is 120 Å². The minimum Gasteiger partial charge on any atom is -0.381 e. The topological polar surface area (TPSA) is 81.4 Å². The summed E-state index contributed by atoms with van der Waals surface area (Å²) in [5.41, 5.74) is 7.66. The summed E-state index contributed by atoms with van der Waals surface area (Å²) in [6, 6.07) is 5.16. The second kappa shape index (κ2) is 6.67. The Morgan fingerprint density at radius 1 is 1.40 bits per heavy atom. The predicted octanol–water partition coefficient (Wildman–Crippen LogP) is 1.02. The summed E-state index contributed by atoms with van der Waals surface area (Å²) >= 11 is 0. The minimum absolute atomic E-state index is 0.272. The highest BCUT2D eigenvalue weighted by molar-refractivity contribution is 7.89. The first-order chi connectivity index (χ1) is 9.56. The van der Waals surface area contributed by atoms with Gasteiger partial charge in [-0.15, -0.1) is 0 Å². The van der Waals surface area contributed by atoms with Crippen LogP contribution in [-0.2, 0) is 27.7 Å².